The zero-order valence-corrected chi connectivity index (χ0v) is 14.1. The lowest BCUT2D eigenvalue weighted by Crippen LogP contribution is -2.40. The van der Waals surface area contributed by atoms with Gasteiger partial charge >= 0.3 is 0 Å². The van der Waals surface area contributed by atoms with Crippen LogP contribution in [0.1, 0.15) is 36.8 Å². The normalized spacial score (nSPS) is 17.6. The Bertz CT molecular complexity index is 851. The van der Waals surface area contributed by atoms with Gasteiger partial charge in [0.1, 0.15) is 5.82 Å². The number of carbonyl (C=O) groups is 1. The highest BCUT2D eigenvalue weighted by atomic mass is 19.1. The van der Waals surface area contributed by atoms with E-state index in [-0.39, 0.29) is 23.2 Å². The summed E-state index contributed by atoms with van der Waals surface area (Å²) in [5.74, 6) is 0.0929. The van der Waals surface area contributed by atoms with Crippen LogP contribution in [0.15, 0.2) is 41.3 Å². The average molecular weight is 340 g/mol. The van der Waals surface area contributed by atoms with Crippen molar-refractivity contribution in [3.05, 3.63) is 63.8 Å². The SMILES string of the molecule is O=C(C1CCCC1)N1CCc2cc(=O)n(-c3ccc(F)cc3)cc2C1. The summed E-state index contributed by atoms with van der Waals surface area (Å²) in [5.41, 5.74) is 2.52. The van der Waals surface area contributed by atoms with Gasteiger partial charge in [-0.3, -0.25) is 14.2 Å². The molecule has 5 heteroatoms. The second-order valence-electron chi connectivity index (χ2n) is 7.00. The topological polar surface area (TPSA) is 42.3 Å². The Labute approximate surface area is 145 Å². The van der Waals surface area contributed by atoms with Gasteiger partial charge in [-0.15, -0.1) is 0 Å². The number of amides is 1. The molecule has 0 radical (unpaired) electrons. The van der Waals surface area contributed by atoms with E-state index in [1.807, 2.05) is 4.90 Å². The molecule has 1 saturated carbocycles. The first-order valence-electron chi connectivity index (χ1n) is 8.91. The third kappa shape index (κ3) is 3.11. The molecule has 2 aliphatic rings. The molecule has 1 aromatic heterocycles. The number of halogens is 1. The van der Waals surface area contributed by atoms with Gasteiger partial charge < -0.3 is 4.90 Å². The van der Waals surface area contributed by atoms with Gasteiger partial charge in [0.05, 0.1) is 0 Å². The van der Waals surface area contributed by atoms with E-state index in [0.717, 1.165) is 36.8 Å². The van der Waals surface area contributed by atoms with E-state index in [9.17, 15) is 14.0 Å². The molecule has 1 aliphatic carbocycles. The van der Waals surface area contributed by atoms with E-state index >= 15 is 0 Å². The van der Waals surface area contributed by atoms with Crippen LogP contribution in [0.3, 0.4) is 0 Å². The first-order chi connectivity index (χ1) is 12.1. The van der Waals surface area contributed by atoms with E-state index < -0.39 is 0 Å². The van der Waals surface area contributed by atoms with Gasteiger partial charge in [0, 0.05) is 37.0 Å². The van der Waals surface area contributed by atoms with Gasteiger partial charge in [0.2, 0.25) is 5.91 Å². The molecule has 0 N–H and O–H groups in total. The molecule has 0 saturated heterocycles. The standard InChI is InChI=1S/C20H21FN2O2/c21-17-5-7-18(8-6-17)23-13-16-12-22(10-9-15(16)11-19(23)24)20(25)14-3-1-2-4-14/h5-8,11,13-14H,1-4,9-10,12H2. The molecule has 1 amide bonds. The van der Waals surface area contributed by atoms with Gasteiger partial charge in [-0.05, 0) is 54.7 Å². The van der Waals surface area contributed by atoms with Crippen molar-refractivity contribution < 1.29 is 9.18 Å². The van der Waals surface area contributed by atoms with Gasteiger partial charge in [-0.25, -0.2) is 4.39 Å². The number of aromatic nitrogens is 1. The minimum atomic E-state index is -0.330. The third-order valence-corrected chi connectivity index (χ3v) is 5.37. The van der Waals surface area contributed by atoms with Crippen molar-refractivity contribution in [1.82, 2.24) is 9.47 Å². The zero-order chi connectivity index (χ0) is 17.4. The summed E-state index contributed by atoms with van der Waals surface area (Å²) in [4.78, 5) is 27.0. The molecule has 1 aromatic carbocycles. The van der Waals surface area contributed by atoms with Crippen LogP contribution in [0.25, 0.3) is 5.69 Å². The molecule has 2 aromatic rings. The van der Waals surface area contributed by atoms with Gasteiger partial charge in [-0.1, -0.05) is 12.8 Å². The fourth-order valence-electron chi connectivity index (χ4n) is 3.95. The molecule has 4 rings (SSSR count). The fourth-order valence-corrected chi connectivity index (χ4v) is 3.95. The third-order valence-electron chi connectivity index (χ3n) is 5.37. The number of nitrogens with zero attached hydrogens (tertiary/aromatic N) is 2. The minimum Gasteiger partial charge on any atom is -0.338 e. The number of hydrogen-bond donors (Lipinski definition) is 0. The van der Waals surface area contributed by atoms with Crippen LogP contribution >= 0.6 is 0 Å². The number of hydrogen-bond acceptors (Lipinski definition) is 2. The van der Waals surface area contributed by atoms with E-state index in [1.54, 1.807) is 24.4 Å². The highest BCUT2D eigenvalue weighted by Gasteiger charge is 2.29. The predicted octanol–water partition coefficient (Wildman–Crippen LogP) is 3.05. The van der Waals surface area contributed by atoms with Crippen molar-refractivity contribution >= 4 is 5.91 Å². The summed E-state index contributed by atoms with van der Waals surface area (Å²) in [5, 5.41) is 0. The monoisotopic (exact) mass is 340 g/mol. The molecular formula is C20H21FN2O2. The second-order valence-corrected chi connectivity index (χ2v) is 7.00. The van der Waals surface area contributed by atoms with Crippen LogP contribution < -0.4 is 5.56 Å². The summed E-state index contributed by atoms with van der Waals surface area (Å²) in [6.07, 6.45) is 6.80. The number of rotatable bonds is 2. The van der Waals surface area contributed by atoms with Crippen LogP contribution in [-0.2, 0) is 17.8 Å². The Kier molecular flexibility index (Phi) is 4.15. The highest BCUT2D eigenvalue weighted by Crippen LogP contribution is 2.28. The quantitative estimate of drug-likeness (QED) is 0.843. The van der Waals surface area contributed by atoms with Gasteiger partial charge in [0.25, 0.3) is 5.56 Å². The van der Waals surface area contributed by atoms with Crippen molar-refractivity contribution in [3.8, 4) is 5.69 Å². The van der Waals surface area contributed by atoms with Crippen molar-refractivity contribution in [2.24, 2.45) is 5.92 Å². The fraction of sp³-hybridized carbons (Fsp3) is 0.400. The first-order valence-corrected chi connectivity index (χ1v) is 8.91. The van der Waals surface area contributed by atoms with Crippen LogP contribution in [-0.4, -0.2) is 21.9 Å². The maximum absolute atomic E-state index is 13.1. The summed E-state index contributed by atoms with van der Waals surface area (Å²) >= 11 is 0. The van der Waals surface area contributed by atoms with Crippen LogP contribution in [0.4, 0.5) is 4.39 Å². The lowest BCUT2D eigenvalue weighted by atomic mass is 9.99. The number of fused-ring (bicyclic) bond motifs is 1. The number of benzene rings is 1. The van der Waals surface area contributed by atoms with Crippen molar-refractivity contribution in [3.63, 3.8) is 0 Å². The molecule has 0 atom stereocenters. The molecule has 0 unspecified atom stereocenters. The minimum absolute atomic E-state index is 0.124. The summed E-state index contributed by atoms with van der Waals surface area (Å²) in [6.45, 7) is 1.23. The Morgan fingerprint density at radius 2 is 1.80 bits per heavy atom. The van der Waals surface area contributed by atoms with E-state index in [1.165, 1.54) is 16.7 Å². The van der Waals surface area contributed by atoms with Crippen LogP contribution in [0.5, 0.6) is 0 Å². The van der Waals surface area contributed by atoms with E-state index in [2.05, 4.69) is 0 Å². The van der Waals surface area contributed by atoms with Crippen molar-refractivity contribution in [2.75, 3.05) is 6.54 Å². The van der Waals surface area contributed by atoms with Gasteiger partial charge in [0.15, 0.2) is 0 Å². The van der Waals surface area contributed by atoms with E-state index in [4.69, 9.17) is 0 Å². The Balaban J connectivity index is 1.63. The molecule has 0 bridgehead atoms. The molecule has 1 fully saturated rings. The Hall–Kier alpha value is -2.43. The van der Waals surface area contributed by atoms with Crippen molar-refractivity contribution in [2.45, 2.75) is 38.6 Å². The molecule has 0 spiro atoms. The maximum Gasteiger partial charge on any atom is 0.255 e. The second kappa shape index (κ2) is 6.47. The first kappa shape index (κ1) is 16.1. The van der Waals surface area contributed by atoms with E-state index in [0.29, 0.717) is 25.2 Å². The molecular weight excluding hydrogens is 319 g/mol. The molecule has 130 valence electrons. The lowest BCUT2D eigenvalue weighted by molar-refractivity contribution is -0.136. The molecule has 2 heterocycles. The van der Waals surface area contributed by atoms with Gasteiger partial charge in [-0.2, -0.15) is 0 Å². The average Bonchev–Trinajstić information content (AvgIpc) is 3.15. The molecule has 25 heavy (non-hydrogen) atoms. The summed E-state index contributed by atoms with van der Waals surface area (Å²) in [7, 11) is 0. The zero-order valence-electron chi connectivity index (χ0n) is 14.1. The predicted molar refractivity (Wildman–Crippen MR) is 93.1 cm³/mol. The maximum atomic E-state index is 13.1. The highest BCUT2D eigenvalue weighted by molar-refractivity contribution is 5.79. The van der Waals surface area contributed by atoms with Crippen molar-refractivity contribution in [1.29, 1.82) is 0 Å². The lowest BCUT2D eigenvalue weighted by Gasteiger charge is -2.31. The smallest absolute Gasteiger partial charge is 0.255 e. The Morgan fingerprint density at radius 1 is 1.08 bits per heavy atom. The summed E-state index contributed by atoms with van der Waals surface area (Å²) in [6, 6.07) is 7.52. The largest absolute Gasteiger partial charge is 0.338 e. The molecule has 1 aliphatic heterocycles. The van der Waals surface area contributed by atoms with Crippen LogP contribution in [0.2, 0.25) is 0 Å². The Morgan fingerprint density at radius 3 is 2.52 bits per heavy atom. The number of carbonyl (C=O) groups excluding carboxylic acids is 1. The van der Waals surface area contributed by atoms with Crippen LogP contribution in [0, 0.1) is 11.7 Å². The molecule has 4 nitrogen and oxygen atoms in total. The summed E-state index contributed by atoms with van der Waals surface area (Å²) < 4.78 is 14.7. The number of pyridine rings is 1.